The largest absolute Gasteiger partial charge is 0.326 e. The van der Waals surface area contributed by atoms with Gasteiger partial charge in [0.25, 0.3) is 10.0 Å². The van der Waals surface area contributed by atoms with Crippen molar-refractivity contribution in [3.63, 3.8) is 0 Å². The number of rotatable bonds is 4. The first-order valence-corrected chi connectivity index (χ1v) is 7.39. The molecule has 4 nitrogen and oxygen atoms in total. The van der Waals surface area contributed by atoms with Crippen LogP contribution in [0, 0.1) is 6.92 Å². The molecule has 0 unspecified atom stereocenters. The van der Waals surface area contributed by atoms with Crippen molar-refractivity contribution in [1.82, 2.24) is 0 Å². The van der Waals surface area contributed by atoms with Crippen molar-refractivity contribution < 1.29 is 8.42 Å². The van der Waals surface area contributed by atoms with E-state index < -0.39 is 10.0 Å². The first-order valence-electron chi connectivity index (χ1n) is 5.91. The fraction of sp³-hybridized carbons (Fsp3) is 0.143. The Kier molecular flexibility index (Phi) is 3.87. The van der Waals surface area contributed by atoms with E-state index in [-0.39, 0.29) is 11.4 Å². The summed E-state index contributed by atoms with van der Waals surface area (Å²) in [4.78, 5) is 0.279. The van der Waals surface area contributed by atoms with E-state index in [1.54, 1.807) is 43.3 Å². The zero-order valence-electron chi connectivity index (χ0n) is 10.6. The van der Waals surface area contributed by atoms with Crippen LogP contribution in [0.25, 0.3) is 0 Å². The Hall–Kier alpha value is -1.85. The number of hydrogen-bond donors (Lipinski definition) is 2. The third-order valence-electron chi connectivity index (χ3n) is 2.86. The lowest BCUT2D eigenvalue weighted by atomic mass is 10.2. The summed E-state index contributed by atoms with van der Waals surface area (Å²) < 4.78 is 27.3. The minimum Gasteiger partial charge on any atom is -0.326 e. The maximum atomic E-state index is 12.3. The summed E-state index contributed by atoms with van der Waals surface area (Å²) in [5, 5.41) is 0. The van der Waals surface area contributed by atoms with E-state index in [9.17, 15) is 8.42 Å². The Morgan fingerprint density at radius 3 is 2.37 bits per heavy atom. The first kappa shape index (κ1) is 13.6. The number of aryl methyl sites for hydroxylation is 1. The Balaban J connectivity index is 2.40. The van der Waals surface area contributed by atoms with Gasteiger partial charge in [-0.3, -0.25) is 4.72 Å². The van der Waals surface area contributed by atoms with Crippen LogP contribution in [0.1, 0.15) is 11.1 Å². The standard InChI is InChI=1S/C14H16N2O2S/c1-11-6-2-5-9-14(11)19(17,18)16-13-8-4-3-7-12(13)10-15/h2-9,16H,10,15H2,1H3. The highest BCUT2D eigenvalue weighted by Crippen LogP contribution is 2.21. The van der Waals surface area contributed by atoms with Gasteiger partial charge in [-0.2, -0.15) is 0 Å². The molecule has 0 aliphatic heterocycles. The molecule has 19 heavy (non-hydrogen) atoms. The molecule has 2 aromatic rings. The van der Waals surface area contributed by atoms with Gasteiger partial charge in [-0.25, -0.2) is 8.42 Å². The second-order valence-electron chi connectivity index (χ2n) is 4.23. The topological polar surface area (TPSA) is 72.2 Å². The normalized spacial score (nSPS) is 11.3. The van der Waals surface area contributed by atoms with E-state index in [1.807, 2.05) is 12.1 Å². The number of sulfonamides is 1. The van der Waals surface area contributed by atoms with Crippen molar-refractivity contribution in [2.24, 2.45) is 5.73 Å². The van der Waals surface area contributed by atoms with Gasteiger partial charge in [0.1, 0.15) is 0 Å². The van der Waals surface area contributed by atoms with Crippen LogP contribution in [0.2, 0.25) is 0 Å². The van der Waals surface area contributed by atoms with Gasteiger partial charge in [-0.15, -0.1) is 0 Å². The maximum absolute atomic E-state index is 12.3. The molecule has 0 heterocycles. The van der Waals surface area contributed by atoms with Crippen LogP contribution in [-0.2, 0) is 16.6 Å². The lowest BCUT2D eigenvalue weighted by Crippen LogP contribution is -2.16. The third kappa shape index (κ3) is 2.94. The molecule has 0 aliphatic carbocycles. The van der Waals surface area contributed by atoms with Gasteiger partial charge >= 0.3 is 0 Å². The lowest BCUT2D eigenvalue weighted by molar-refractivity contribution is 0.600. The van der Waals surface area contributed by atoms with Gasteiger partial charge in [-0.05, 0) is 30.2 Å². The first-order chi connectivity index (χ1) is 9.04. The summed E-state index contributed by atoms with van der Waals surface area (Å²) in [6.45, 7) is 2.05. The maximum Gasteiger partial charge on any atom is 0.262 e. The molecular weight excluding hydrogens is 260 g/mol. The molecule has 100 valence electrons. The lowest BCUT2D eigenvalue weighted by Gasteiger charge is -2.12. The van der Waals surface area contributed by atoms with Crippen LogP contribution in [0.15, 0.2) is 53.4 Å². The molecule has 5 heteroatoms. The minimum atomic E-state index is -3.58. The van der Waals surface area contributed by atoms with Gasteiger partial charge in [-0.1, -0.05) is 36.4 Å². The van der Waals surface area contributed by atoms with Crippen LogP contribution in [0.5, 0.6) is 0 Å². The van der Waals surface area contributed by atoms with Crippen LogP contribution in [-0.4, -0.2) is 8.42 Å². The highest BCUT2D eigenvalue weighted by Gasteiger charge is 2.17. The molecule has 2 aromatic carbocycles. The van der Waals surface area contributed by atoms with Crippen LogP contribution in [0.3, 0.4) is 0 Å². The summed E-state index contributed by atoms with van der Waals surface area (Å²) in [6.07, 6.45) is 0. The molecule has 0 aromatic heterocycles. The summed E-state index contributed by atoms with van der Waals surface area (Å²) in [7, 11) is -3.58. The fourth-order valence-corrected chi connectivity index (χ4v) is 3.20. The molecule has 2 rings (SSSR count). The van der Waals surface area contributed by atoms with Gasteiger partial charge in [0.2, 0.25) is 0 Å². The van der Waals surface area contributed by atoms with E-state index in [2.05, 4.69) is 4.72 Å². The van der Waals surface area contributed by atoms with E-state index in [0.717, 1.165) is 5.56 Å². The Morgan fingerprint density at radius 1 is 1.05 bits per heavy atom. The quantitative estimate of drug-likeness (QED) is 0.899. The molecule has 0 atom stereocenters. The number of nitrogens with one attached hydrogen (secondary N) is 1. The predicted molar refractivity (Wildman–Crippen MR) is 76.3 cm³/mol. The average molecular weight is 276 g/mol. The highest BCUT2D eigenvalue weighted by atomic mass is 32.2. The fourth-order valence-electron chi connectivity index (χ4n) is 1.86. The summed E-state index contributed by atoms with van der Waals surface area (Å²) in [5.74, 6) is 0. The Morgan fingerprint density at radius 2 is 1.68 bits per heavy atom. The van der Waals surface area contributed by atoms with Crippen molar-refractivity contribution in [1.29, 1.82) is 0 Å². The van der Waals surface area contributed by atoms with E-state index in [0.29, 0.717) is 11.3 Å². The molecular formula is C14H16N2O2S. The van der Waals surface area contributed by atoms with Crippen LogP contribution >= 0.6 is 0 Å². The molecule has 0 amide bonds. The van der Waals surface area contributed by atoms with Crippen molar-refractivity contribution in [3.8, 4) is 0 Å². The molecule has 0 spiro atoms. The zero-order chi connectivity index (χ0) is 13.9. The highest BCUT2D eigenvalue weighted by molar-refractivity contribution is 7.92. The number of nitrogens with two attached hydrogens (primary N) is 1. The monoisotopic (exact) mass is 276 g/mol. The molecule has 0 aliphatic rings. The molecule has 0 bridgehead atoms. The van der Waals surface area contributed by atoms with Crippen LogP contribution in [0.4, 0.5) is 5.69 Å². The average Bonchev–Trinajstić information content (AvgIpc) is 2.39. The Labute approximate surface area is 113 Å². The number of anilines is 1. The molecule has 0 fully saturated rings. The number of para-hydroxylation sites is 1. The van der Waals surface area contributed by atoms with Crippen LogP contribution < -0.4 is 10.5 Å². The van der Waals surface area contributed by atoms with Gasteiger partial charge in [0.05, 0.1) is 10.6 Å². The smallest absolute Gasteiger partial charge is 0.262 e. The van der Waals surface area contributed by atoms with Crippen molar-refractivity contribution in [3.05, 3.63) is 59.7 Å². The third-order valence-corrected chi connectivity index (χ3v) is 4.39. The Bertz CT molecular complexity index is 681. The molecule has 0 saturated heterocycles. The van der Waals surface area contributed by atoms with Crippen molar-refractivity contribution in [2.75, 3.05) is 4.72 Å². The van der Waals surface area contributed by atoms with Crippen molar-refractivity contribution in [2.45, 2.75) is 18.4 Å². The second-order valence-corrected chi connectivity index (χ2v) is 5.88. The number of hydrogen-bond acceptors (Lipinski definition) is 3. The number of benzene rings is 2. The summed E-state index contributed by atoms with van der Waals surface area (Å²) in [6, 6.07) is 14.0. The summed E-state index contributed by atoms with van der Waals surface area (Å²) >= 11 is 0. The van der Waals surface area contributed by atoms with E-state index >= 15 is 0 Å². The zero-order valence-corrected chi connectivity index (χ0v) is 11.4. The summed E-state index contributed by atoms with van der Waals surface area (Å²) in [5.41, 5.74) is 7.60. The van der Waals surface area contributed by atoms with E-state index in [4.69, 9.17) is 5.73 Å². The van der Waals surface area contributed by atoms with Gasteiger partial charge in [0.15, 0.2) is 0 Å². The molecule has 0 radical (unpaired) electrons. The van der Waals surface area contributed by atoms with Gasteiger partial charge in [0, 0.05) is 6.54 Å². The molecule has 3 N–H and O–H groups in total. The van der Waals surface area contributed by atoms with Crippen molar-refractivity contribution >= 4 is 15.7 Å². The predicted octanol–water partition coefficient (Wildman–Crippen LogP) is 2.25. The van der Waals surface area contributed by atoms with E-state index in [1.165, 1.54) is 0 Å². The minimum absolute atomic E-state index is 0.279. The SMILES string of the molecule is Cc1ccccc1S(=O)(=O)Nc1ccccc1CN. The second kappa shape index (κ2) is 5.42. The molecule has 0 saturated carbocycles. The van der Waals surface area contributed by atoms with Gasteiger partial charge < -0.3 is 5.73 Å².